The van der Waals surface area contributed by atoms with Gasteiger partial charge in [0.2, 0.25) is 0 Å². The fraction of sp³-hybridized carbons (Fsp3) is 0.500. The summed E-state index contributed by atoms with van der Waals surface area (Å²) in [6.45, 7) is 6.27. The molecular weight excluding hydrogens is 318 g/mol. The maximum atomic E-state index is 12.6. The molecule has 1 amide bonds. The van der Waals surface area contributed by atoms with Crippen LogP contribution in [0.15, 0.2) is 18.3 Å². The molecule has 1 unspecified atom stereocenters. The first-order valence-electron chi connectivity index (χ1n) is 7.55. The van der Waals surface area contributed by atoms with E-state index < -0.39 is 11.7 Å². The number of aryl methyl sites for hydroxylation is 1. The van der Waals surface area contributed by atoms with Gasteiger partial charge >= 0.3 is 0 Å². The first-order chi connectivity index (χ1) is 10.8. The average molecular weight is 338 g/mol. The van der Waals surface area contributed by atoms with E-state index in [1.54, 1.807) is 10.7 Å². The van der Waals surface area contributed by atoms with Gasteiger partial charge < -0.3 is 4.74 Å². The minimum atomic E-state index is -0.721. The molecule has 2 heterocycles. The second-order valence-electron chi connectivity index (χ2n) is 6.26. The number of halogens is 1. The van der Waals surface area contributed by atoms with Crippen LogP contribution in [0.3, 0.4) is 0 Å². The van der Waals surface area contributed by atoms with E-state index in [0.717, 1.165) is 16.5 Å². The predicted octanol–water partition coefficient (Wildman–Crippen LogP) is 2.89. The van der Waals surface area contributed by atoms with Crippen molar-refractivity contribution < 1.29 is 14.4 Å². The Hall–Kier alpha value is -1.63. The van der Waals surface area contributed by atoms with E-state index in [1.807, 2.05) is 40.1 Å². The van der Waals surface area contributed by atoms with Crippen LogP contribution >= 0.6 is 11.6 Å². The molecular formula is C16H20ClN3O3. The zero-order valence-corrected chi connectivity index (χ0v) is 14.4. The largest absolute Gasteiger partial charge is 0.350 e. The third kappa shape index (κ3) is 2.82. The fourth-order valence-electron chi connectivity index (χ4n) is 2.71. The zero-order chi connectivity index (χ0) is 16.8. The number of rotatable bonds is 4. The van der Waals surface area contributed by atoms with Crippen LogP contribution in [-0.2, 0) is 28.0 Å². The van der Waals surface area contributed by atoms with Gasteiger partial charge in [-0.25, -0.2) is 9.90 Å². The molecule has 23 heavy (non-hydrogen) atoms. The topological polar surface area (TPSA) is 56.6 Å². The van der Waals surface area contributed by atoms with Gasteiger partial charge in [-0.3, -0.25) is 9.48 Å². The summed E-state index contributed by atoms with van der Waals surface area (Å²) in [5.74, 6) is -0.113. The van der Waals surface area contributed by atoms with Crippen LogP contribution < -0.4 is 0 Å². The Morgan fingerprint density at radius 2 is 2.17 bits per heavy atom. The summed E-state index contributed by atoms with van der Waals surface area (Å²) >= 11 is 6.33. The van der Waals surface area contributed by atoms with Crippen molar-refractivity contribution in [1.82, 2.24) is 14.8 Å². The van der Waals surface area contributed by atoms with Crippen molar-refractivity contribution in [3.63, 3.8) is 0 Å². The highest BCUT2D eigenvalue weighted by Gasteiger charge is 2.49. The van der Waals surface area contributed by atoms with Gasteiger partial charge in [-0.1, -0.05) is 11.6 Å². The Bertz CT molecular complexity index is 756. The molecule has 0 spiro atoms. The zero-order valence-electron chi connectivity index (χ0n) is 13.7. The maximum absolute atomic E-state index is 12.6. The number of carbonyl (C=O) groups excluding carboxylic acids is 1. The molecule has 0 N–H and O–H groups in total. The smallest absolute Gasteiger partial charge is 0.257 e. The Morgan fingerprint density at radius 3 is 2.87 bits per heavy atom. The molecule has 1 aromatic carbocycles. The number of nitrogens with zero attached hydrogens (tertiary/aromatic N) is 3. The van der Waals surface area contributed by atoms with E-state index in [4.69, 9.17) is 21.2 Å². The number of hydrogen-bond acceptors (Lipinski definition) is 4. The van der Waals surface area contributed by atoms with Gasteiger partial charge in [-0.05, 0) is 38.5 Å². The number of hydroxylamine groups is 2. The third-order valence-corrected chi connectivity index (χ3v) is 4.36. The van der Waals surface area contributed by atoms with Crippen molar-refractivity contribution in [2.24, 2.45) is 12.5 Å². The highest BCUT2D eigenvalue weighted by atomic mass is 35.5. The van der Waals surface area contributed by atoms with Crippen LogP contribution in [0.1, 0.15) is 26.3 Å². The molecule has 1 fully saturated rings. The number of fused-ring (bicyclic) bond motifs is 1. The predicted molar refractivity (Wildman–Crippen MR) is 86.6 cm³/mol. The van der Waals surface area contributed by atoms with Crippen LogP contribution in [0.5, 0.6) is 0 Å². The summed E-state index contributed by atoms with van der Waals surface area (Å²) in [6, 6.07) is 3.74. The van der Waals surface area contributed by atoms with Crippen molar-refractivity contribution in [2.75, 3.05) is 6.61 Å². The quantitative estimate of drug-likeness (QED) is 0.860. The first-order valence-corrected chi connectivity index (χ1v) is 7.93. The molecule has 0 radical (unpaired) electrons. The average Bonchev–Trinajstić information content (AvgIpc) is 2.92. The van der Waals surface area contributed by atoms with Crippen molar-refractivity contribution in [1.29, 1.82) is 0 Å². The van der Waals surface area contributed by atoms with Gasteiger partial charge in [0.05, 0.1) is 17.5 Å². The van der Waals surface area contributed by atoms with Crippen LogP contribution in [0.4, 0.5) is 0 Å². The van der Waals surface area contributed by atoms with Crippen molar-refractivity contribution >= 4 is 28.4 Å². The van der Waals surface area contributed by atoms with E-state index in [9.17, 15) is 4.79 Å². The lowest BCUT2D eigenvalue weighted by Gasteiger charge is -2.19. The summed E-state index contributed by atoms with van der Waals surface area (Å²) in [5.41, 5.74) is 0.914. The molecule has 1 atom stereocenters. The minimum absolute atomic E-state index is 0.113. The minimum Gasteiger partial charge on any atom is -0.350 e. The van der Waals surface area contributed by atoms with Gasteiger partial charge in [0, 0.05) is 30.3 Å². The number of amides is 1. The van der Waals surface area contributed by atoms with Crippen LogP contribution in [0.25, 0.3) is 10.9 Å². The van der Waals surface area contributed by atoms with Crippen LogP contribution in [0.2, 0.25) is 5.02 Å². The lowest BCUT2D eigenvalue weighted by Crippen LogP contribution is -2.34. The van der Waals surface area contributed by atoms with E-state index in [0.29, 0.717) is 11.6 Å². The van der Waals surface area contributed by atoms with Crippen LogP contribution in [0, 0.1) is 5.41 Å². The maximum Gasteiger partial charge on any atom is 0.257 e. The van der Waals surface area contributed by atoms with Gasteiger partial charge in [0.1, 0.15) is 0 Å². The molecule has 1 saturated heterocycles. The van der Waals surface area contributed by atoms with Crippen molar-refractivity contribution in [2.45, 2.75) is 33.6 Å². The van der Waals surface area contributed by atoms with E-state index in [1.165, 1.54) is 5.06 Å². The Labute approximate surface area is 139 Å². The Balaban J connectivity index is 1.87. The van der Waals surface area contributed by atoms with E-state index in [-0.39, 0.29) is 12.5 Å². The van der Waals surface area contributed by atoms with Crippen molar-refractivity contribution in [3.05, 3.63) is 28.9 Å². The standard InChI is InChI=1S/C16H20ClN3O3/c1-5-22-15-16(2,3)14(21)20(23-15)9-10-6-11-8-19(4)18-13(11)7-12(10)17/h6-8,15H,5,9H2,1-4H3. The second-order valence-corrected chi connectivity index (χ2v) is 6.67. The molecule has 1 aliphatic rings. The Kier molecular flexibility index (Phi) is 4.08. The number of carbonyl (C=O) groups is 1. The second kappa shape index (κ2) is 5.78. The number of aromatic nitrogens is 2. The molecule has 0 aliphatic carbocycles. The lowest BCUT2D eigenvalue weighted by molar-refractivity contribution is -0.246. The van der Waals surface area contributed by atoms with E-state index >= 15 is 0 Å². The SMILES string of the molecule is CCOC1ON(Cc2cc3cn(C)nc3cc2Cl)C(=O)C1(C)C. The first kappa shape index (κ1) is 16.2. The fourth-order valence-corrected chi connectivity index (χ4v) is 2.93. The molecule has 2 aromatic rings. The molecule has 1 aromatic heterocycles. The summed E-state index contributed by atoms with van der Waals surface area (Å²) < 4.78 is 7.26. The van der Waals surface area contributed by atoms with E-state index in [2.05, 4.69) is 5.10 Å². The van der Waals surface area contributed by atoms with Gasteiger partial charge in [-0.15, -0.1) is 0 Å². The molecule has 3 rings (SSSR count). The van der Waals surface area contributed by atoms with Gasteiger partial charge in [-0.2, -0.15) is 5.10 Å². The highest BCUT2D eigenvalue weighted by Crippen LogP contribution is 2.36. The van der Waals surface area contributed by atoms with Crippen molar-refractivity contribution in [3.8, 4) is 0 Å². The molecule has 1 aliphatic heterocycles. The monoisotopic (exact) mass is 337 g/mol. The molecule has 0 saturated carbocycles. The molecule has 0 bridgehead atoms. The normalized spacial score (nSPS) is 20.7. The van der Waals surface area contributed by atoms with Crippen LogP contribution in [-0.4, -0.2) is 33.6 Å². The third-order valence-electron chi connectivity index (χ3n) is 4.01. The number of ether oxygens (including phenoxy) is 1. The van der Waals surface area contributed by atoms with Gasteiger partial charge in [0.25, 0.3) is 5.91 Å². The van der Waals surface area contributed by atoms with Gasteiger partial charge in [0.15, 0.2) is 6.29 Å². The summed E-state index contributed by atoms with van der Waals surface area (Å²) in [6.07, 6.45) is 1.33. The lowest BCUT2D eigenvalue weighted by atomic mass is 9.92. The number of hydrogen-bond donors (Lipinski definition) is 0. The number of benzene rings is 1. The Morgan fingerprint density at radius 1 is 1.43 bits per heavy atom. The molecule has 7 heteroatoms. The summed E-state index contributed by atoms with van der Waals surface area (Å²) in [4.78, 5) is 18.2. The molecule has 6 nitrogen and oxygen atoms in total. The summed E-state index contributed by atoms with van der Waals surface area (Å²) in [7, 11) is 1.86. The highest BCUT2D eigenvalue weighted by molar-refractivity contribution is 6.32. The molecule has 124 valence electrons. The summed E-state index contributed by atoms with van der Waals surface area (Å²) in [5, 5.41) is 7.19.